The Hall–Kier alpha value is -3.78. The Balaban J connectivity index is 1.64. The summed E-state index contributed by atoms with van der Waals surface area (Å²) in [6.45, 7) is 5.25. The number of carbonyl (C=O) groups is 1. The zero-order valence-electron chi connectivity index (χ0n) is 18.4. The van der Waals surface area contributed by atoms with Gasteiger partial charge in [0.25, 0.3) is 5.91 Å². The summed E-state index contributed by atoms with van der Waals surface area (Å²) in [5.74, 6) is -0.359. The molecule has 8 heteroatoms. The maximum absolute atomic E-state index is 14.6. The maximum Gasteiger partial charge on any atom is 0.255 e. The molecule has 1 aliphatic rings. The number of aromatic nitrogens is 3. The first-order valence-electron chi connectivity index (χ1n) is 10.9. The molecule has 1 saturated heterocycles. The van der Waals surface area contributed by atoms with Gasteiger partial charge in [-0.25, -0.2) is 9.37 Å². The molecule has 2 aromatic carbocycles. The predicted octanol–water partition coefficient (Wildman–Crippen LogP) is 3.87. The Morgan fingerprint density at radius 2 is 2.00 bits per heavy atom. The van der Waals surface area contributed by atoms with Gasteiger partial charge in [-0.1, -0.05) is 18.2 Å². The van der Waals surface area contributed by atoms with E-state index in [-0.39, 0.29) is 17.5 Å². The van der Waals surface area contributed by atoms with E-state index in [0.29, 0.717) is 53.2 Å². The molecular weight excluding hydrogens is 421 g/mol. The number of pyridine rings is 1. The van der Waals surface area contributed by atoms with Gasteiger partial charge < -0.3 is 15.3 Å². The van der Waals surface area contributed by atoms with Crippen LogP contribution in [0.15, 0.2) is 48.5 Å². The number of hydrogen-bond donors (Lipinski definition) is 3. The van der Waals surface area contributed by atoms with Crippen molar-refractivity contribution >= 4 is 16.9 Å². The first-order chi connectivity index (χ1) is 15.9. The minimum Gasteiger partial charge on any atom is -0.508 e. The maximum atomic E-state index is 14.6. The van der Waals surface area contributed by atoms with Gasteiger partial charge in [0.15, 0.2) is 5.65 Å². The molecule has 0 saturated carbocycles. The van der Waals surface area contributed by atoms with Crippen molar-refractivity contribution in [2.24, 2.45) is 0 Å². The topological polar surface area (TPSA) is 94.1 Å². The highest BCUT2D eigenvalue weighted by atomic mass is 19.1. The van der Waals surface area contributed by atoms with Crippen molar-refractivity contribution in [2.75, 3.05) is 19.6 Å². The average molecular weight is 445 g/mol. The summed E-state index contributed by atoms with van der Waals surface area (Å²) in [5, 5.41) is 20.9. The second-order valence-electron chi connectivity index (χ2n) is 8.33. The van der Waals surface area contributed by atoms with Crippen LogP contribution in [0.1, 0.15) is 33.2 Å². The SMILES string of the molecule is Cc1cc(O)ccc1-c1cc(C(=O)N2CCNCC2c2ccccc2F)c2c(C)n[nH]c2n1. The molecule has 3 heterocycles. The van der Waals surface area contributed by atoms with Gasteiger partial charge in [-0.2, -0.15) is 5.10 Å². The summed E-state index contributed by atoms with van der Waals surface area (Å²) in [6.07, 6.45) is 0. The number of aromatic hydroxyl groups is 1. The number of aromatic amines is 1. The predicted molar refractivity (Wildman–Crippen MR) is 124 cm³/mol. The van der Waals surface area contributed by atoms with Gasteiger partial charge >= 0.3 is 0 Å². The highest BCUT2D eigenvalue weighted by Gasteiger charge is 2.32. The molecule has 5 rings (SSSR count). The molecule has 1 unspecified atom stereocenters. The first-order valence-corrected chi connectivity index (χ1v) is 10.9. The third-order valence-electron chi connectivity index (χ3n) is 6.20. The van der Waals surface area contributed by atoms with Crippen molar-refractivity contribution in [1.82, 2.24) is 25.4 Å². The van der Waals surface area contributed by atoms with E-state index in [0.717, 1.165) is 11.1 Å². The highest BCUT2D eigenvalue weighted by Crippen LogP contribution is 2.32. The number of halogens is 1. The van der Waals surface area contributed by atoms with E-state index < -0.39 is 6.04 Å². The number of phenols is 1. The van der Waals surface area contributed by atoms with Crippen LogP contribution in [0, 0.1) is 19.7 Å². The van der Waals surface area contributed by atoms with E-state index in [4.69, 9.17) is 4.98 Å². The normalized spacial score (nSPS) is 16.3. The third kappa shape index (κ3) is 3.72. The van der Waals surface area contributed by atoms with Crippen LogP contribution in [-0.4, -0.2) is 50.7 Å². The number of amides is 1. The number of benzene rings is 2. The molecule has 2 aromatic heterocycles. The molecule has 1 amide bonds. The smallest absolute Gasteiger partial charge is 0.255 e. The molecule has 3 N–H and O–H groups in total. The van der Waals surface area contributed by atoms with Gasteiger partial charge in [-0.3, -0.25) is 9.89 Å². The number of nitrogens with one attached hydrogen (secondary N) is 2. The number of rotatable bonds is 3. The second-order valence-corrected chi connectivity index (χ2v) is 8.33. The number of hydrogen-bond acceptors (Lipinski definition) is 5. The lowest BCUT2D eigenvalue weighted by atomic mass is 9.98. The molecule has 1 atom stereocenters. The van der Waals surface area contributed by atoms with Gasteiger partial charge in [0.1, 0.15) is 11.6 Å². The lowest BCUT2D eigenvalue weighted by Crippen LogP contribution is -2.49. The third-order valence-corrected chi connectivity index (χ3v) is 6.20. The minimum absolute atomic E-state index is 0.166. The fraction of sp³-hybridized carbons (Fsp3) is 0.240. The minimum atomic E-state index is -0.429. The molecule has 1 aliphatic heterocycles. The van der Waals surface area contributed by atoms with Gasteiger partial charge in [0, 0.05) is 30.8 Å². The van der Waals surface area contributed by atoms with Crippen molar-refractivity contribution in [1.29, 1.82) is 0 Å². The summed E-state index contributed by atoms with van der Waals surface area (Å²) < 4.78 is 14.6. The van der Waals surface area contributed by atoms with Crippen LogP contribution in [0.25, 0.3) is 22.3 Å². The van der Waals surface area contributed by atoms with Crippen LogP contribution >= 0.6 is 0 Å². The van der Waals surface area contributed by atoms with E-state index >= 15 is 0 Å². The van der Waals surface area contributed by atoms with Gasteiger partial charge in [-0.15, -0.1) is 0 Å². The van der Waals surface area contributed by atoms with Crippen molar-refractivity contribution in [3.63, 3.8) is 0 Å². The van der Waals surface area contributed by atoms with Crippen molar-refractivity contribution in [3.05, 3.63) is 76.7 Å². The molecule has 0 bridgehead atoms. The Kier molecular flexibility index (Phi) is 5.30. The lowest BCUT2D eigenvalue weighted by Gasteiger charge is -2.37. The van der Waals surface area contributed by atoms with E-state index in [1.165, 1.54) is 6.07 Å². The van der Waals surface area contributed by atoms with Crippen LogP contribution in [0.4, 0.5) is 4.39 Å². The number of piperazine rings is 1. The van der Waals surface area contributed by atoms with Gasteiger partial charge in [0.2, 0.25) is 0 Å². The molecule has 0 radical (unpaired) electrons. The number of H-pyrrole nitrogens is 1. The molecule has 1 fully saturated rings. The summed E-state index contributed by atoms with van der Waals surface area (Å²) >= 11 is 0. The zero-order chi connectivity index (χ0) is 23.1. The van der Waals surface area contributed by atoms with E-state index in [2.05, 4.69) is 15.5 Å². The van der Waals surface area contributed by atoms with Crippen molar-refractivity contribution in [2.45, 2.75) is 19.9 Å². The van der Waals surface area contributed by atoms with Crippen LogP contribution in [-0.2, 0) is 0 Å². The number of fused-ring (bicyclic) bond motifs is 1. The quantitative estimate of drug-likeness (QED) is 0.445. The summed E-state index contributed by atoms with van der Waals surface area (Å²) in [6, 6.07) is 13.0. The molecular formula is C25H24FN5O2. The fourth-order valence-electron chi connectivity index (χ4n) is 4.55. The molecule has 4 aromatic rings. The largest absolute Gasteiger partial charge is 0.508 e. The van der Waals surface area contributed by atoms with Gasteiger partial charge in [0.05, 0.1) is 28.4 Å². The van der Waals surface area contributed by atoms with Crippen LogP contribution in [0.5, 0.6) is 5.75 Å². The average Bonchev–Trinajstić information content (AvgIpc) is 3.19. The first kappa shape index (κ1) is 21.1. The van der Waals surface area contributed by atoms with Crippen LogP contribution < -0.4 is 5.32 Å². The number of aryl methyl sites for hydroxylation is 2. The lowest BCUT2D eigenvalue weighted by molar-refractivity contribution is 0.0632. The number of carbonyl (C=O) groups excluding carboxylic acids is 1. The Labute approximate surface area is 190 Å². The monoisotopic (exact) mass is 445 g/mol. The van der Waals surface area contributed by atoms with E-state index in [1.807, 2.05) is 13.8 Å². The van der Waals surface area contributed by atoms with Gasteiger partial charge in [-0.05, 0) is 49.7 Å². The summed E-state index contributed by atoms with van der Waals surface area (Å²) in [5.41, 5.74) is 4.39. The van der Waals surface area contributed by atoms with E-state index in [9.17, 15) is 14.3 Å². The molecule has 168 valence electrons. The Morgan fingerprint density at radius 1 is 1.18 bits per heavy atom. The van der Waals surface area contributed by atoms with Crippen molar-refractivity contribution in [3.8, 4) is 17.0 Å². The summed E-state index contributed by atoms with van der Waals surface area (Å²) in [7, 11) is 0. The standard InChI is InChI=1S/C25H24FN5O2/c1-14-11-16(32)7-8-17(14)21-12-19(23-15(2)29-30-24(23)28-21)25(33)31-10-9-27-13-22(31)18-5-3-4-6-20(18)26/h3-8,11-12,22,27,32H,9-10,13H2,1-2H3,(H,28,29,30). The number of phenolic OH excluding ortho intramolecular Hbond substituents is 1. The Morgan fingerprint density at radius 3 is 2.79 bits per heavy atom. The van der Waals surface area contributed by atoms with Crippen molar-refractivity contribution < 1.29 is 14.3 Å². The number of nitrogens with zero attached hydrogens (tertiary/aromatic N) is 3. The molecule has 0 aliphatic carbocycles. The summed E-state index contributed by atoms with van der Waals surface area (Å²) in [4.78, 5) is 20.4. The second kappa shape index (κ2) is 8.29. The molecule has 7 nitrogen and oxygen atoms in total. The fourth-order valence-corrected chi connectivity index (χ4v) is 4.55. The molecule has 0 spiro atoms. The highest BCUT2D eigenvalue weighted by molar-refractivity contribution is 6.07. The Bertz CT molecular complexity index is 1370. The van der Waals surface area contributed by atoms with Crippen LogP contribution in [0.2, 0.25) is 0 Å². The zero-order valence-corrected chi connectivity index (χ0v) is 18.4. The molecule has 33 heavy (non-hydrogen) atoms. The van der Waals surface area contributed by atoms with Crippen LogP contribution in [0.3, 0.4) is 0 Å². The van der Waals surface area contributed by atoms with E-state index in [1.54, 1.807) is 47.4 Å².